The van der Waals surface area contributed by atoms with Crippen LogP contribution in [0.3, 0.4) is 0 Å². The van der Waals surface area contributed by atoms with E-state index in [1.807, 2.05) is 6.07 Å². The van der Waals surface area contributed by atoms with E-state index in [0.29, 0.717) is 18.1 Å². The van der Waals surface area contributed by atoms with E-state index in [2.05, 4.69) is 21.4 Å². The Hall–Kier alpha value is -2.34. The van der Waals surface area contributed by atoms with Crippen LogP contribution < -0.4 is 22.1 Å². The molecule has 1 aliphatic rings. The van der Waals surface area contributed by atoms with E-state index < -0.39 is 0 Å². The van der Waals surface area contributed by atoms with E-state index in [-0.39, 0.29) is 5.82 Å². The van der Waals surface area contributed by atoms with E-state index in [9.17, 15) is 4.39 Å². The first-order valence-corrected chi connectivity index (χ1v) is 5.53. The Labute approximate surface area is 103 Å². The van der Waals surface area contributed by atoms with Crippen molar-refractivity contribution in [2.24, 2.45) is 0 Å². The standard InChI is InChI=1S/C12H12FN5/c13-9-3-1-7(2-4-9)5-8-6-10(14)15-12-11(8)16-18-17-12/h1-4,6,16,18H,5H2,(H3,14,15,17). The molecule has 0 amide bonds. The summed E-state index contributed by atoms with van der Waals surface area (Å²) in [4.78, 5) is 4.15. The minimum Gasteiger partial charge on any atom is -0.384 e. The molecule has 0 radical (unpaired) electrons. The summed E-state index contributed by atoms with van der Waals surface area (Å²) < 4.78 is 12.8. The van der Waals surface area contributed by atoms with Crippen LogP contribution in [0.4, 0.5) is 21.7 Å². The van der Waals surface area contributed by atoms with E-state index >= 15 is 0 Å². The van der Waals surface area contributed by atoms with Gasteiger partial charge < -0.3 is 11.2 Å². The van der Waals surface area contributed by atoms with Crippen molar-refractivity contribution >= 4 is 17.3 Å². The van der Waals surface area contributed by atoms with E-state index in [1.54, 1.807) is 12.1 Å². The van der Waals surface area contributed by atoms with Crippen LogP contribution in [0.5, 0.6) is 0 Å². The highest BCUT2D eigenvalue weighted by Gasteiger charge is 2.16. The fourth-order valence-corrected chi connectivity index (χ4v) is 1.96. The molecule has 1 aromatic heterocycles. The van der Waals surface area contributed by atoms with Gasteiger partial charge >= 0.3 is 0 Å². The first-order valence-electron chi connectivity index (χ1n) is 5.53. The number of nitrogens with two attached hydrogens (primary N) is 1. The van der Waals surface area contributed by atoms with Crippen molar-refractivity contribution in [2.45, 2.75) is 6.42 Å². The van der Waals surface area contributed by atoms with Gasteiger partial charge in [-0.3, -0.25) is 5.43 Å². The van der Waals surface area contributed by atoms with Gasteiger partial charge in [-0.25, -0.2) is 9.37 Å². The normalized spacial score (nSPS) is 12.7. The van der Waals surface area contributed by atoms with E-state index in [0.717, 1.165) is 16.8 Å². The van der Waals surface area contributed by atoms with Crippen molar-refractivity contribution in [3.8, 4) is 0 Å². The summed E-state index contributed by atoms with van der Waals surface area (Å²) >= 11 is 0. The van der Waals surface area contributed by atoms with Crippen LogP contribution >= 0.6 is 0 Å². The second kappa shape index (κ2) is 4.15. The summed E-state index contributed by atoms with van der Waals surface area (Å²) in [5.74, 6) is 0.885. The highest BCUT2D eigenvalue weighted by molar-refractivity contribution is 5.74. The number of benzene rings is 1. The predicted molar refractivity (Wildman–Crippen MR) is 68.2 cm³/mol. The van der Waals surface area contributed by atoms with E-state index in [1.165, 1.54) is 12.1 Å². The first kappa shape index (κ1) is 10.8. The zero-order valence-corrected chi connectivity index (χ0v) is 9.50. The number of anilines is 3. The molecule has 0 aliphatic carbocycles. The lowest BCUT2D eigenvalue weighted by molar-refractivity contribution is 0.627. The summed E-state index contributed by atoms with van der Waals surface area (Å²) in [6, 6.07) is 8.22. The van der Waals surface area contributed by atoms with Crippen LogP contribution in [0, 0.1) is 5.82 Å². The number of rotatable bonds is 2. The van der Waals surface area contributed by atoms with Gasteiger partial charge in [-0.15, -0.1) is 5.53 Å². The molecular weight excluding hydrogens is 233 g/mol. The second-order valence-electron chi connectivity index (χ2n) is 4.11. The van der Waals surface area contributed by atoms with Gasteiger partial charge in [-0.05, 0) is 35.7 Å². The molecule has 18 heavy (non-hydrogen) atoms. The van der Waals surface area contributed by atoms with Gasteiger partial charge in [0.25, 0.3) is 0 Å². The Morgan fingerprint density at radius 1 is 1.17 bits per heavy atom. The van der Waals surface area contributed by atoms with Gasteiger partial charge in [0.15, 0.2) is 5.82 Å². The van der Waals surface area contributed by atoms with Crippen LogP contribution in [-0.2, 0) is 6.42 Å². The number of hydrazine groups is 2. The highest BCUT2D eigenvalue weighted by Crippen LogP contribution is 2.29. The zero-order chi connectivity index (χ0) is 12.5. The predicted octanol–water partition coefficient (Wildman–Crippen LogP) is 1.65. The van der Waals surface area contributed by atoms with Gasteiger partial charge in [0, 0.05) is 0 Å². The van der Waals surface area contributed by atoms with Crippen LogP contribution in [0.1, 0.15) is 11.1 Å². The van der Waals surface area contributed by atoms with Gasteiger partial charge in [0.05, 0.1) is 5.69 Å². The van der Waals surface area contributed by atoms with Crippen molar-refractivity contribution in [3.05, 3.63) is 47.3 Å². The topological polar surface area (TPSA) is 75.0 Å². The van der Waals surface area contributed by atoms with E-state index in [4.69, 9.17) is 5.73 Å². The number of hydrogen-bond donors (Lipinski definition) is 4. The number of nitrogens with one attached hydrogen (secondary N) is 3. The molecule has 0 bridgehead atoms. The number of fused-ring (bicyclic) bond motifs is 1. The number of hydrogen-bond acceptors (Lipinski definition) is 5. The zero-order valence-electron chi connectivity index (χ0n) is 9.50. The van der Waals surface area contributed by atoms with Crippen LogP contribution in [0.2, 0.25) is 0 Å². The molecule has 0 saturated heterocycles. The molecule has 3 rings (SSSR count). The molecule has 5 nitrogen and oxygen atoms in total. The summed E-state index contributed by atoms with van der Waals surface area (Å²) in [6.45, 7) is 0. The maximum absolute atomic E-state index is 12.8. The van der Waals surface area contributed by atoms with Crippen molar-refractivity contribution in [2.75, 3.05) is 16.6 Å². The molecule has 6 heteroatoms. The molecule has 92 valence electrons. The number of pyridine rings is 1. The lowest BCUT2D eigenvalue weighted by atomic mass is 10.0. The van der Waals surface area contributed by atoms with Crippen LogP contribution in [-0.4, -0.2) is 4.98 Å². The van der Waals surface area contributed by atoms with Crippen molar-refractivity contribution in [1.82, 2.24) is 10.5 Å². The van der Waals surface area contributed by atoms with Crippen LogP contribution in [0.15, 0.2) is 30.3 Å². The SMILES string of the molecule is Nc1cc(Cc2ccc(F)cc2)c2c(n1)NNN2. The Bertz CT molecular complexity index is 582. The minimum absolute atomic E-state index is 0.236. The van der Waals surface area contributed by atoms with Crippen LogP contribution in [0.25, 0.3) is 0 Å². The Balaban J connectivity index is 1.95. The smallest absolute Gasteiger partial charge is 0.169 e. The molecule has 0 atom stereocenters. The summed E-state index contributed by atoms with van der Waals surface area (Å²) in [6.07, 6.45) is 0.658. The number of halogens is 1. The first-order chi connectivity index (χ1) is 8.72. The van der Waals surface area contributed by atoms with Gasteiger partial charge in [0.2, 0.25) is 0 Å². The average molecular weight is 245 g/mol. The molecular formula is C12H12FN5. The van der Waals surface area contributed by atoms with Gasteiger partial charge in [-0.2, -0.15) is 0 Å². The molecule has 0 fully saturated rings. The quantitative estimate of drug-likeness (QED) is 0.647. The minimum atomic E-state index is -0.236. The molecule has 0 saturated carbocycles. The Kier molecular flexibility index (Phi) is 2.49. The second-order valence-corrected chi connectivity index (χ2v) is 4.11. The molecule has 1 aromatic carbocycles. The molecule has 2 aromatic rings. The third kappa shape index (κ3) is 1.93. The fraction of sp³-hybridized carbons (Fsp3) is 0.0833. The monoisotopic (exact) mass is 245 g/mol. The largest absolute Gasteiger partial charge is 0.384 e. The Morgan fingerprint density at radius 3 is 2.72 bits per heavy atom. The molecule has 1 aliphatic heterocycles. The molecule has 0 unspecified atom stereocenters. The fourth-order valence-electron chi connectivity index (χ4n) is 1.96. The van der Waals surface area contributed by atoms with Gasteiger partial charge in [-0.1, -0.05) is 12.1 Å². The average Bonchev–Trinajstić information content (AvgIpc) is 2.80. The summed E-state index contributed by atoms with van der Waals surface area (Å²) in [5.41, 5.74) is 17.2. The number of aromatic nitrogens is 1. The lowest BCUT2D eigenvalue weighted by Crippen LogP contribution is -2.19. The number of nitrogen functional groups attached to an aromatic ring is 1. The molecule has 5 N–H and O–H groups in total. The lowest BCUT2D eigenvalue weighted by Gasteiger charge is -2.08. The van der Waals surface area contributed by atoms with Crippen molar-refractivity contribution < 1.29 is 4.39 Å². The summed E-state index contributed by atoms with van der Waals surface area (Å²) in [7, 11) is 0. The Morgan fingerprint density at radius 2 is 1.94 bits per heavy atom. The van der Waals surface area contributed by atoms with Gasteiger partial charge in [0.1, 0.15) is 11.6 Å². The summed E-state index contributed by atoms with van der Waals surface area (Å²) in [5, 5.41) is 0. The van der Waals surface area contributed by atoms with Crippen molar-refractivity contribution in [1.29, 1.82) is 0 Å². The maximum atomic E-state index is 12.8. The molecule has 2 heterocycles. The van der Waals surface area contributed by atoms with Crippen molar-refractivity contribution in [3.63, 3.8) is 0 Å². The number of nitrogens with zero attached hydrogens (tertiary/aromatic N) is 1. The third-order valence-electron chi connectivity index (χ3n) is 2.80. The molecule has 0 spiro atoms. The highest BCUT2D eigenvalue weighted by atomic mass is 19.1. The third-order valence-corrected chi connectivity index (χ3v) is 2.80. The maximum Gasteiger partial charge on any atom is 0.169 e.